The van der Waals surface area contributed by atoms with Gasteiger partial charge in [0, 0.05) is 25.4 Å². The minimum Gasteiger partial charge on any atom is -0.466 e. The molecule has 6 atom stereocenters. The molecule has 0 aromatic carbocycles. The van der Waals surface area contributed by atoms with Gasteiger partial charge < -0.3 is 9.84 Å². The van der Waals surface area contributed by atoms with Crippen LogP contribution in [-0.4, -0.2) is 30.1 Å². The Hall–Kier alpha value is -0.900. The highest BCUT2D eigenvalue weighted by Gasteiger charge is 2.58. The third-order valence-corrected chi connectivity index (χ3v) is 6.27. The summed E-state index contributed by atoms with van der Waals surface area (Å²) in [6.07, 6.45) is 7.38. The quantitative estimate of drug-likeness (QED) is 0.652. The van der Waals surface area contributed by atoms with Gasteiger partial charge in [0.05, 0.1) is 6.61 Å². The molecule has 2 aliphatic carbocycles. The van der Waals surface area contributed by atoms with E-state index < -0.39 is 0 Å². The van der Waals surface area contributed by atoms with Crippen molar-refractivity contribution in [3.8, 4) is 0 Å². The number of aliphatic hydroxyl groups is 1. The van der Waals surface area contributed by atoms with Gasteiger partial charge in [0.15, 0.2) is 0 Å². The fourth-order valence-electron chi connectivity index (χ4n) is 5.27. The number of Topliss-reactive ketones (excluding diaryl/α,β-unsaturated/α-hetero) is 1. The van der Waals surface area contributed by atoms with Crippen LogP contribution in [0.4, 0.5) is 0 Å². The Labute approximate surface area is 146 Å². The maximum atomic E-state index is 13.1. The molecule has 2 saturated carbocycles. The van der Waals surface area contributed by atoms with Gasteiger partial charge in [0.1, 0.15) is 5.78 Å². The fraction of sp³-hybridized carbons (Fsp3) is 0.900. The summed E-state index contributed by atoms with van der Waals surface area (Å²) in [6.45, 7) is 6.28. The first-order valence-electron chi connectivity index (χ1n) is 9.82. The Bertz CT molecular complexity index is 433. The summed E-state index contributed by atoms with van der Waals surface area (Å²) in [5.74, 6) is 1.26. The first-order chi connectivity index (χ1) is 11.5. The summed E-state index contributed by atoms with van der Waals surface area (Å²) in [5.41, 5.74) is 0. The molecule has 4 nitrogen and oxygen atoms in total. The summed E-state index contributed by atoms with van der Waals surface area (Å²) in [5, 5.41) is 9.79. The summed E-state index contributed by atoms with van der Waals surface area (Å²) in [4.78, 5) is 24.3. The van der Waals surface area contributed by atoms with Crippen molar-refractivity contribution in [1.29, 1.82) is 0 Å². The molecule has 0 spiro atoms. The molecule has 0 bridgehead atoms. The number of hydrogen-bond acceptors (Lipinski definition) is 4. The number of fused-ring (bicyclic) bond motifs is 1. The van der Waals surface area contributed by atoms with Crippen LogP contribution in [0.25, 0.3) is 0 Å². The Morgan fingerprint density at radius 3 is 2.42 bits per heavy atom. The van der Waals surface area contributed by atoms with Crippen LogP contribution >= 0.6 is 0 Å². The first-order valence-corrected chi connectivity index (χ1v) is 9.82. The zero-order valence-electron chi connectivity index (χ0n) is 15.5. The number of aliphatic hydroxyl groups excluding tert-OH is 1. The molecular formula is C20H34O4. The molecule has 0 aromatic rings. The van der Waals surface area contributed by atoms with Crippen molar-refractivity contribution in [1.82, 2.24) is 0 Å². The molecule has 0 amide bonds. The van der Waals surface area contributed by atoms with Gasteiger partial charge in [0.25, 0.3) is 0 Å². The minimum atomic E-state index is -0.254. The summed E-state index contributed by atoms with van der Waals surface area (Å²) < 4.78 is 5.30. The van der Waals surface area contributed by atoms with Crippen LogP contribution in [0.2, 0.25) is 0 Å². The number of esters is 1. The zero-order valence-corrected chi connectivity index (χ0v) is 15.5. The highest BCUT2D eigenvalue weighted by atomic mass is 16.5. The van der Waals surface area contributed by atoms with E-state index in [4.69, 9.17) is 4.74 Å². The molecule has 0 aromatic heterocycles. The lowest BCUT2D eigenvalue weighted by atomic mass is 9.78. The second-order valence-electron chi connectivity index (χ2n) is 7.80. The molecule has 1 N–H and O–H groups in total. The number of rotatable bonds is 9. The maximum absolute atomic E-state index is 13.1. The van der Waals surface area contributed by atoms with E-state index in [9.17, 15) is 14.7 Å². The lowest BCUT2D eigenvalue weighted by Crippen LogP contribution is -2.25. The first kappa shape index (κ1) is 19.4. The van der Waals surface area contributed by atoms with Crippen LogP contribution < -0.4 is 0 Å². The van der Waals surface area contributed by atoms with Crippen LogP contribution in [0.15, 0.2) is 0 Å². The van der Waals surface area contributed by atoms with Crippen molar-refractivity contribution >= 4 is 11.8 Å². The topological polar surface area (TPSA) is 63.6 Å². The third-order valence-electron chi connectivity index (χ3n) is 6.27. The normalized spacial score (nSPS) is 35.2. The van der Waals surface area contributed by atoms with Crippen molar-refractivity contribution in [3.63, 3.8) is 0 Å². The molecule has 2 fully saturated rings. The Morgan fingerprint density at radius 1 is 1.17 bits per heavy atom. The van der Waals surface area contributed by atoms with E-state index in [-0.39, 0.29) is 36.2 Å². The number of ketones is 1. The largest absolute Gasteiger partial charge is 0.466 e. The van der Waals surface area contributed by atoms with Crippen LogP contribution in [0.3, 0.4) is 0 Å². The van der Waals surface area contributed by atoms with Gasteiger partial charge in [-0.15, -0.1) is 0 Å². The second-order valence-corrected chi connectivity index (χ2v) is 7.80. The third kappa shape index (κ3) is 4.01. The molecule has 0 heterocycles. The Kier molecular flexibility index (Phi) is 7.27. The molecule has 0 aliphatic heterocycles. The predicted octanol–water partition coefficient (Wildman–Crippen LogP) is 3.61. The fourth-order valence-corrected chi connectivity index (χ4v) is 5.27. The Morgan fingerprint density at radius 2 is 1.83 bits per heavy atom. The summed E-state index contributed by atoms with van der Waals surface area (Å²) in [6, 6.07) is 0. The second kappa shape index (κ2) is 8.98. The van der Waals surface area contributed by atoms with Crippen LogP contribution in [0, 0.1) is 35.5 Å². The summed E-state index contributed by atoms with van der Waals surface area (Å²) in [7, 11) is 0. The van der Waals surface area contributed by atoms with Gasteiger partial charge >= 0.3 is 5.97 Å². The van der Waals surface area contributed by atoms with Crippen molar-refractivity contribution < 1.29 is 19.4 Å². The van der Waals surface area contributed by atoms with Crippen molar-refractivity contribution in [3.05, 3.63) is 0 Å². The molecule has 0 saturated heterocycles. The SMILES string of the molecule is CCCC[C@@H]1[C@H]2[C@H](COC(C)=O)C[C@H](CO)[C@H]2C(=O)[C@H]1CCCC. The smallest absolute Gasteiger partial charge is 0.302 e. The lowest BCUT2D eigenvalue weighted by molar-refractivity contribution is -0.143. The van der Waals surface area contributed by atoms with E-state index in [1.807, 2.05) is 0 Å². The van der Waals surface area contributed by atoms with Crippen LogP contribution in [0.1, 0.15) is 65.7 Å². The Balaban J connectivity index is 2.21. The number of unbranched alkanes of at least 4 members (excludes halogenated alkanes) is 2. The molecule has 4 heteroatoms. The van der Waals surface area contributed by atoms with E-state index in [1.165, 1.54) is 6.92 Å². The number of hydrogen-bond donors (Lipinski definition) is 1. The van der Waals surface area contributed by atoms with Gasteiger partial charge in [-0.2, -0.15) is 0 Å². The molecule has 2 aliphatic rings. The van der Waals surface area contributed by atoms with Gasteiger partial charge in [-0.1, -0.05) is 39.5 Å². The summed E-state index contributed by atoms with van der Waals surface area (Å²) >= 11 is 0. The highest BCUT2D eigenvalue weighted by molar-refractivity contribution is 5.87. The van der Waals surface area contributed by atoms with E-state index in [1.54, 1.807) is 0 Å². The molecule has 0 unspecified atom stereocenters. The van der Waals surface area contributed by atoms with Crippen molar-refractivity contribution in [2.24, 2.45) is 35.5 Å². The van der Waals surface area contributed by atoms with Gasteiger partial charge in [-0.05, 0) is 42.9 Å². The predicted molar refractivity (Wildman–Crippen MR) is 93.3 cm³/mol. The molecular weight excluding hydrogens is 304 g/mol. The number of carbonyl (C=O) groups is 2. The van der Waals surface area contributed by atoms with Gasteiger partial charge in [-0.25, -0.2) is 0 Å². The highest BCUT2D eigenvalue weighted by Crippen LogP contribution is 2.56. The van der Waals surface area contributed by atoms with Crippen molar-refractivity contribution in [2.45, 2.75) is 65.7 Å². The zero-order chi connectivity index (χ0) is 17.7. The van der Waals surface area contributed by atoms with Crippen LogP contribution in [-0.2, 0) is 14.3 Å². The molecule has 0 radical (unpaired) electrons. The van der Waals surface area contributed by atoms with Crippen LogP contribution in [0.5, 0.6) is 0 Å². The monoisotopic (exact) mass is 338 g/mol. The van der Waals surface area contributed by atoms with Gasteiger partial charge in [0.2, 0.25) is 0 Å². The molecule has 24 heavy (non-hydrogen) atoms. The number of carbonyl (C=O) groups excluding carboxylic acids is 2. The average Bonchev–Trinajstić information content (AvgIpc) is 3.05. The van der Waals surface area contributed by atoms with E-state index in [0.29, 0.717) is 24.2 Å². The maximum Gasteiger partial charge on any atom is 0.302 e. The molecule has 138 valence electrons. The van der Waals surface area contributed by atoms with E-state index in [2.05, 4.69) is 13.8 Å². The average molecular weight is 338 g/mol. The minimum absolute atomic E-state index is 0.0146. The molecule has 2 rings (SSSR count). The van der Waals surface area contributed by atoms with E-state index >= 15 is 0 Å². The van der Waals surface area contributed by atoms with E-state index in [0.717, 1.165) is 44.9 Å². The van der Waals surface area contributed by atoms with Gasteiger partial charge in [-0.3, -0.25) is 9.59 Å². The van der Waals surface area contributed by atoms with Crippen molar-refractivity contribution in [2.75, 3.05) is 13.2 Å². The number of ether oxygens (including phenoxy) is 1. The lowest BCUT2D eigenvalue weighted by Gasteiger charge is -2.28. The standard InChI is InChI=1S/C20H34O4/c1-4-6-8-16-17(9-7-5-2)20(23)19-14(11-21)10-15(18(16)19)12-24-13(3)22/h14-19,21H,4-12H2,1-3H3/t14-,15+,16+,17+,18-,19-/m1/s1.